The normalized spacial score (nSPS) is 15.6. The molecule has 1 aliphatic heterocycles. The average Bonchev–Trinajstić information content (AvgIpc) is 2.86. The van der Waals surface area contributed by atoms with E-state index in [0.29, 0.717) is 18.2 Å². The lowest BCUT2D eigenvalue weighted by Gasteiger charge is -2.31. The maximum absolute atomic E-state index is 11.2. The Bertz CT molecular complexity index is 1090. The first-order chi connectivity index (χ1) is 16.1. The molecule has 33 heavy (non-hydrogen) atoms. The van der Waals surface area contributed by atoms with Crippen LogP contribution in [0.3, 0.4) is 0 Å². The van der Waals surface area contributed by atoms with Crippen molar-refractivity contribution >= 4 is 22.8 Å². The van der Waals surface area contributed by atoms with E-state index in [1.807, 2.05) is 36.4 Å². The summed E-state index contributed by atoms with van der Waals surface area (Å²) in [5, 5.41) is 15.2. The number of likely N-dealkylation sites (tertiary alicyclic amines) is 1. The standard InChI is InChI=1S/C28H32N2O3/c1-2-30-16-14-25(15-17-30)29-19-22(18-21-10-12-24(13-11-21)28(31)32)20-33-27-9-5-7-23-6-3-4-8-26(23)27/h3-13,18,25,29H,2,14-17,19-20H2,1H3,(H,31,32)/b22-18-. The molecule has 0 saturated carbocycles. The van der Waals surface area contributed by atoms with Crippen LogP contribution >= 0.6 is 0 Å². The van der Waals surface area contributed by atoms with Crippen molar-refractivity contribution in [3.05, 3.63) is 83.4 Å². The van der Waals surface area contributed by atoms with Crippen LogP contribution in [0.15, 0.2) is 72.3 Å². The van der Waals surface area contributed by atoms with Crippen molar-refractivity contribution in [3.63, 3.8) is 0 Å². The quantitative estimate of drug-likeness (QED) is 0.482. The number of aromatic carboxylic acids is 1. The number of nitrogens with zero attached hydrogens (tertiary/aromatic N) is 1. The highest BCUT2D eigenvalue weighted by molar-refractivity contribution is 5.88. The van der Waals surface area contributed by atoms with E-state index >= 15 is 0 Å². The third-order valence-electron chi connectivity index (χ3n) is 6.34. The molecule has 4 rings (SSSR count). The Balaban J connectivity index is 1.48. The molecule has 1 aliphatic rings. The average molecular weight is 445 g/mol. The lowest BCUT2D eigenvalue weighted by molar-refractivity contribution is 0.0697. The largest absolute Gasteiger partial charge is 0.489 e. The van der Waals surface area contributed by atoms with Crippen molar-refractivity contribution in [2.75, 3.05) is 32.8 Å². The minimum absolute atomic E-state index is 0.293. The van der Waals surface area contributed by atoms with Gasteiger partial charge in [0.15, 0.2) is 0 Å². The van der Waals surface area contributed by atoms with E-state index in [-0.39, 0.29) is 0 Å². The van der Waals surface area contributed by atoms with E-state index in [1.165, 1.54) is 0 Å². The molecular weight excluding hydrogens is 412 g/mol. The van der Waals surface area contributed by atoms with Gasteiger partial charge in [0, 0.05) is 18.0 Å². The molecule has 5 nitrogen and oxygen atoms in total. The number of nitrogens with one attached hydrogen (secondary N) is 1. The van der Waals surface area contributed by atoms with E-state index in [4.69, 9.17) is 4.74 Å². The van der Waals surface area contributed by atoms with Gasteiger partial charge in [-0.3, -0.25) is 0 Å². The summed E-state index contributed by atoms with van der Waals surface area (Å²) in [6.45, 7) is 6.81. The SMILES string of the molecule is CCN1CCC(NC/C(=C/c2ccc(C(=O)O)cc2)COc2cccc3ccccc23)CC1. The van der Waals surface area contributed by atoms with Gasteiger partial charge in [-0.1, -0.05) is 61.5 Å². The van der Waals surface area contributed by atoms with Crippen LogP contribution in [-0.4, -0.2) is 54.8 Å². The number of carbonyl (C=O) groups is 1. The van der Waals surface area contributed by atoms with Crippen LogP contribution in [0, 0.1) is 0 Å². The van der Waals surface area contributed by atoms with Gasteiger partial charge in [-0.2, -0.15) is 0 Å². The Morgan fingerprint density at radius 3 is 2.52 bits per heavy atom. The lowest BCUT2D eigenvalue weighted by atomic mass is 10.0. The monoisotopic (exact) mass is 444 g/mol. The molecule has 1 heterocycles. The van der Waals surface area contributed by atoms with Crippen LogP contribution in [0.4, 0.5) is 0 Å². The predicted octanol–water partition coefficient (Wildman–Crippen LogP) is 5.07. The van der Waals surface area contributed by atoms with Gasteiger partial charge in [-0.25, -0.2) is 4.79 Å². The van der Waals surface area contributed by atoms with Gasteiger partial charge >= 0.3 is 5.97 Å². The lowest BCUT2D eigenvalue weighted by Crippen LogP contribution is -2.43. The highest BCUT2D eigenvalue weighted by Crippen LogP contribution is 2.25. The second kappa shape index (κ2) is 11.1. The second-order valence-corrected chi connectivity index (χ2v) is 8.59. The molecule has 3 aromatic rings. The third kappa shape index (κ3) is 6.21. The summed E-state index contributed by atoms with van der Waals surface area (Å²) in [5.74, 6) is -0.0402. The molecule has 0 bridgehead atoms. The van der Waals surface area contributed by atoms with Crippen LogP contribution in [0.1, 0.15) is 35.7 Å². The zero-order chi connectivity index (χ0) is 23.0. The molecular formula is C28H32N2O3. The van der Waals surface area contributed by atoms with E-state index in [0.717, 1.165) is 66.7 Å². The van der Waals surface area contributed by atoms with Crippen LogP contribution in [0.25, 0.3) is 16.8 Å². The summed E-state index contributed by atoms with van der Waals surface area (Å²) in [7, 11) is 0. The Morgan fingerprint density at radius 2 is 1.79 bits per heavy atom. The Hall–Kier alpha value is -3.15. The molecule has 0 aromatic heterocycles. The molecule has 2 N–H and O–H groups in total. The van der Waals surface area contributed by atoms with Gasteiger partial charge in [0.25, 0.3) is 0 Å². The number of ether oxygens (including phenoxy) is 1. The second-order valence-electron chi connectivity index (χ2n) is 8.59. The summed E-state index contributed by atoms with van der Waals surface area (Å²) in [6, 6.07) is 21.8. The van der Waals surface area contributed by atoms with Gasteiger partial charge in [0.05, 0.1) is 5.56 Å². The fourth-order valence-corrected chi connectivity index (χ4v) is 4.32. The molecule has 0 radical (unpaired) electrons. The molecule has 1 fully saturated rings. The number of piperidine rings is 1. The van der Waals surface area contributed by atoms with E-state index < -0.39 is 5.97 Å². The van der Waals surface area contributed by atoms with Crippen molar-refractivity contribution in [2.24, 2.45) is 0 Å². The number of fused-ring (bicyclic) bond motifs is 1. The van der Waals surface area contributed by atoms with E-state index in [2.05, 4.69) is 41.4 Å². The molecule has 172 valence electrons. The first kappa shape index (κ1) is 23.0. The molecule has 5 heteroatoms. The number of hydrogen-bond donors (Lipinski definition) is 2. The van der Waals surface area contributed by atoms with E-state index in [1.54, 1.807) is 12.1 Å². The fourth-order valence-electron chi connectivity index (χ4n) is 4.32. The van der Waals surface area contributed by atoms with Crippen LogP contribution in [-0.2, 0) is 0 Å². The van der Waals surface area contributed by atoms with Crippen molar-refractivity contribution in [1.82, 2.24) is 10.2 Å². The van der Waals surface area contributed by atoms with Gasteiger partial charge in [0.2, 0.25) is 0 Å². The Kier molecular flexibility index (Phi) is 7.76. The maximum atomic E-state index is 11.2. The van der Waals surface area contributed by atoms with E-state index in [9.17, 15) is 9.90 Å². The third-order valence-corrected chi connectivity index (χ3v) is 6.34. The van der Waals surface area contributed by atoms with Crippen molar-refractivity contribution in [1.29, 1.82) is 0 Å². The highest BCUT2D eigenvalue weighted by atomic mass is 16.5. The van der Waals surface area contributed by atoms with Gasteiger partial charge in [-0.15, -0.1) is 0 Å². The minimum Gasteiger partial charge on any atom is -0.489 e. The zero-order valence-corrected chi connectivity index (χ0v) is 19.2. The number of carboxylic acid groups (broad SMARTS) is 1. The van der Waals surface area contributed by atoms with Gasteiger partial charge in [0.1, 0.15) is 12.4 Å². The molecule has 3 aromatic carbocycles. The molecule has 0 atom stereocenters. The first-order valence-corrected chi connectivity index (χ1v) is 11.7. The van der Waals surface area contributed by atoms with Gasteiger partial charge in [-0.05, 0) is 67.2 Å². The molecule has 0 unspecified atom stereocenters. The molecule has 1 saturated heterocycles. The van der Waals surface area contributed by atoms with Crippen LogP contribution in [0.5, 0.6) is 5.75 Å². The Morgan fingerprint density at radius 1 is 1.06 bits per heavy atom. The summed E-state index contributed by atoms with van der Waals surface area (Å²) < 4.78 is 6.28. The first-order valence-electron chi connectivity index (χ1n) is 11.7. The van der Waals surface area contributed by atoms with Crippen LogP contribution in [0.2, 0.25) is 0 Å². The van der Waals surface area contributed by atoms with Crippen molar-refractivity contribution in [2.45, 2.75) is 25.8 Å². The number of benzene rings is 3. The summed E-state index contributed by atoms with van der Waals surface area (Å²) in [4.78, 5) is 13.7. The zero-order valence-electron chi connectivity index (χ0n) is 19.2. The number of rotatable bonds is 9. The van der Waals surface area contributed by atoms with Crippen molar-refractivity contribution in [3.8, 4) is 5.75 Å². The van der Waals surface area contributed by atoms with Crippen molar-refractivity contribution < 1.29 is 14.6 Å². The smallest absolute Gasteiger partial charge is 0.335 e. The molecule has 0 amide bonds. The number of carboxylic acids is 1. The summed E-state index contributed by atoms with van der Waals surface area (Å²) >= 11 is 0. The predicted molar refractivity (Wildman–Crippen MR) is 134 cm³/mol. The maximum Gasteiger partial charge on any atom is 0.335 e. The number of hydrogen-bond acceptors (Lipinski definition) is 4. The molecule has 0 aliphatic carbocycles. The van der Waals surface area contributed by atoms with Crippen LogP contribution < -0.4 is 10.1 Å². The highest BCUT2D eigenvalue weighted by Gasteiger charge is 2.18. The summed E-state index contributed by atoms with van der Waals surface area (Å²) in [5.41, 5.74) is 2.39. The summed E-state index contributed by atoms with van der Waals surface area (Å²) in [6.07, 6.45) is 4.40. The topological polar surface area (TPSA) is 61.8 Å². The van der Waals surface area contributed by atoms with Gasteiger partial charge < -0.3 is 20.1 Å². The fraction of sp³-hybridized carbons (Fsp3) is 0.321. The molecule has 0 spiro atoms. The minimum atomic E-state index is -0.912. The Labute approximate surface area is 195 Å².